The highest BCUT2D eigenvalue weighted by Gasteiger charge is 1.96. The van der Waals surface area contributed by atoms with Crippen LogP contribution in [0.2, 0.25) is 0 Å². The predicted molar refractivity (Wildman–Crippen MR) is 58.9 cm³/mol. The van der Waals surface area contributed by atoms with Crippen LogP contribution in [-0.2, 0) is 11.3 Å². The third-order valence-corrected chi connectivity index (χ3v) is 2.21. The summed E-state index contributed by atoms with van der Waals surface area (Å²) in [5, 5.41) is 0. The molecule has 2 rings (SSSR count). The molecule has 0 saturated heterocycles. The van der Waals surface area contributed by atoms with Crippen molar-refractivity contribution in [1.29, 1.82) is 0 Å². The van der Waals surface area contributed by atoms with Crippen molar-refractivity contribution in [2.24, 2.45) is 0 Å². The van der Waals surface area contributed by atoms with Gasteiger partial charge in [0.15, 0.2) is 0 Å². The molecule has 0 atom stereocenters. The maximum Gasteiger partial charge on any atom is 0.0991 e. The van der Waals surface area contributed by atoms with E-state index < -0.39 is 0 Å². The Bertz CT molecular complexity index is 392. The molecule has 15 heavy (non-hydrogen) atoms. The third kappa shape index (κ3) is 2.44. The van der Waals surface area contributed by atoms with Gasteiger partial charge in [-0.05, 0) is 24.6 Å². The Labute approximate surface area is 89.3 Å². The fourth-order valence-corrected chi connectivity index (χ4v) is 1.40. The van der Waals surface area contributed by atoms with Crippen molar-refractivity contribution < 1.29 is 4.74 Å². The minimum Gasteiger partial charge on any atom is -0.377 e. The van der Waals surface area contributed by atoms with Gasteiger partial charge in [0, 0.05) is 24.7 Å². The van der Waals surface area contributed by atoms with E-state index in [1.807, 2.05) is 17.7 Å². The molecule has 3 nitrogen and oxygen atoms in total. The van der Waals surface area contributed by atoms with Gasteiger partial charge in [-0.3, -0.25) is 0 Å². The molecule has 0 radical (unpaired) electrons. The van der Waals surface area contributed by atoms with Gasteiger partial charge in [-0.2, -0.15) is 0 Å². The van der Waals surface area contributed by atoms with Crippen LogP contribution in [0.5, 0.6) is 0 Å². The molecule has 1 aromatic carbocycles. The predicted octanol–water partition coefficient (Wildman–Crippen LogP) is 2.41. The van der Waals surface area contributed by atoms with Crippen LogP contribution in [0.1, 0.15) is 12.5 Å². The second-order valence-corrected chi connectivity index (χ2v) is 3.27. The summed E-state index contributed by atoms with van der Waals surface area (Å²) in [6, 6.07) is 8.28. The van der Waals surface area contributed by atoms with Crippen molar-refractivity contribution >= 4 is 0 Å². The SMILES string of the molecule is CCOCc1ccc(-n2ccnc2)cc1. The Hall–Kier alpha value is -1.61. The molecule has 0 unspecified atom stereocenters. The van der Waals surface area contributed by atoms with Crippen molar-refractivity contribution in [3.8, 4) is 5.69 Å². The van der Waals surface area contributed by atoms with Crippen molar-refractivity contribution in [2.75, 3.05) is 6.61 Å². The molecule has 3 heteroatoms. The summed E-state index contributed by atoms with van der Waals surface area (Å²) in [6.45, 7) is 3.43. The lowest BCUT2D eigenvalue weighted by Gasteiger charge is -2.04. The molecule has 1 heterocycles. The standard InChI is InChI=1S/C12H14N2O/c1-2-15-9-11-3-5-12(6-4-11)14-8-7-13-10-14/h3-8,10H,2,9H2,1H3. The Morgan fingerprint density at radius 3 is 2.67 bits per heavy atom. The van der Waals surface area contributed by atoms with Crippen LogP contribution < -0.4 is 0 Å². The summed E-state index contributed by atoms with van der Waals surface area (Å²) >= 11 is 0. The molecule has 0 aliphatic heterocycles. The lowest BCUT2D eigenvalue weighted by molar-refractivity contribution is 0.134. The first-order chi connectivity index (χ1) is 7.40. The van der Waals surface area contributed by atoms with E-state index >= 15 is 0 Å². The molecule has 0 N–H and O–H groups in total. The van der Waals surface area contributed by atoms with Crippen LogP contribution in [-0.4, -0.2) is 16.2 Å². The lowest BCUT2D eigenvalue weighted by atomic mass is 10.2. The van der Waals surface area contributed by atoms with Crippen LogP contribution in [0, 0.1) is 0 Å². The van der Waals surface area contributed by atoms with Crippen molar-refractivity contribution in [3.63, 3.8) is 0 Å². The first-order valence-electron chi connectivity index (χ1n) is 5.05. The second-order valence-electron chi connectivity index (χ2n) is 3.27. The number of hydrogen-bond donors (Lipinski definition) is 0. The van der Waals surface area contributed by atoms with Crippen LogP contribution >= 0.6 is 0 Å². The first kappa shape index (κ1) is 9.93. The average molecular weight is 202 g/mol. The molecule has 2 aromatic rings. The quantitative estimate of drug-likeness (QED) is 0.761. The molecular formula is C12H14N2O. The molecule has 0 saturated carbocycles. The molecule has 1 aromatic heterocycles. The van der Waals surface area contributed by atoms with Crippen LogP contribution in [0.4, 0.5) is 0 Å². The summed E-state index contributed by atoms with van der Waals surface area (Å²) in [4.78, 5) is 4.01. The fourth-order valence-electron chi connectivity index (χ4n) is 1.40. The summed E-state index contributed by atoms with van der Waals surface area (Å²) in [7, 11) is 0. The van der Waals surface area contributed by atoms with Gasteiger partial charge in [-0.15, -0.1) is 0 Å². The third-order valence-electron chi connectivity index (χ3n) is 2.21. The Balaban J connectivity index is 2.11. The lowest BCUT2D eigenvalue weighted by Crippen LogP contribution is -1.93. The number of imidazole rings is 1. The molecular weight excluding hydrogens is 188 g/mol. The van der Waals surface area contributed by atoms with Gasteiger partial charge in [0.1, 0.15) is 0 Å². The van der Waals surface area contributed by atoms with E-state index in [1.54, 1.807) is 12.5 Å². The monoisotopic (exact) mass is 202 g/mol. The van der Waals surface area contributed by atoms with Crippen molar-refractivity contribution in [1.82, 2.24) is 9.55 Å². The maximum atomic E-state index is 5.33. The average Bonchev–Trinajstić information content (AvgIpc) is 2.80. The molecule has 78 valence electrons. The van der Waals surface area contributed by atoms with Crippen LogP contribution in [0.15, 0.2) is 43.0 Å². The van der Waals surface area contributed by atoms with E-state index in [2.05, 4.69) is 29.2 Å². The minimum absolute atomic E-state index is 0.681. The smallest absolute Gasteiger partial charge is 0.0991 e. The second kappa shape index (κ2) is 4.75. The molecule has 0 fully saturated rings. The van der Waals surface area contributed by atoms with E-state index in [0.717, 1.165) is 12.3 Å². The van der Waals surface area contributed by atoms with Gasteiger partial charge >= 0.3 is 0 Å². The highest BCUT2D eigenvalue weighted by molar-refractivity contribution is 5.34. The van der Waals surface area contributed by atoms with E-state index in [1.165, 1.54) is 5.56 Å². The zero-order valence-corrected chi connectivity index (χ0v) is 8.76. The van der Waals surface area contributed by atoms with Gasteiger partial charge in [0.2, 0.25) is 0 Å². The zero-order valence-electron chi connectivity index (χ0n) is 8.76. The van der Waals surface area contributed by atoms with E-state index in [4.69, 9.17) is 4.74 Å². The topological polar surface area (TPSA) is 27.1 Å². The van der Waals surface area contributed by atoms with Gasteiger partial charge < -0.3 is 9.30 Å². The summed E-state index contributed by atoms with van der Waals surface area (Å²) in [5.41, 5.74) is 2.31. The molecule has 0 bridgehead atoms. The summed E-state index contributed by atoms with van der Waals surface area (Å²) in [5.74, 6) is 0. The van der Waals surface area contributed by atoms with E-state index in [0.29, 0.717) is 6.61 Å². The number of aromatic nitrogens is 2. The largest absolute Gasteiger partial charge is 0.377 e. The van der Waals surface area contributed by atoms with Crippen molar-refractivity contribution in [2.45, 2.75) is 13.5 Å². The number of rotatable bonds is 4. The summed E-state index contributed by atoms with van der Waals surface area (Å²) < 4.78 is 7.31. The summed E-state index contributed by atoms with van der Waals surface area (Å²) in [6.07, 6.45) is 5.49. The van der Waals surface area contributed by atoms with Gasteiger partial charge in [-0.25, -0.2) is 4.98 Å². The maximum absolute atomic E-state index is 5.33. The number of ether oxygens (including phenoxy) is 1. The normalized spacial score (nSPS) is 10.5. The molecule has 0 aliphatic carbocycles. The van der Waals surface area contributed by atoms with E-state index in [-0.39, 0.29) is 0 Å². The van der Waals surface area contributed by atoms with Crippen molar-refractivity contribution in [3.05, 3.63) is 48.5 Å². The van der Waals surface area contributed by atoms with Gasteiger partial charge in [0.25, 0.3) is 0 Å². The minimum atomic E-state index is 0.681. The Morgan fingerprint density at radius 2 is 2.07 bits per heavy atom. The Kier molecular flexibility index (Phi) is 3.15. The first-order valence-corrected chi connectivity index (χ1v) is 5.05. The van der Waals surface area contributed by atoms with Gasteiger partial charge in [0.05, 0.1) is 12.9 Å². The van der Waals surface area contributed by atoms with E-state index in [9.17, 15) is 0 Å². The number of nitrogens with zero attached hydrogens (tertiary/aromatic N) is 2. The molecule has 0 amide bonds. The molecule has 0 aliphatic rings. The molecule has 0 spiro atoms. The number of benzene rings is 1. The number of hydrogen-bond acceptors (Lipinski definition) is 2. The fraction of sp³-hybridized carbons (Fsp3) is 0.250. The van der Waals surface area contributed by atoms with Crippen LogP contribution in [0.25, 0.3) is 5.69 Å². The van der Waals surface area contributed by atoms with Crippen LogP contribution in [0.3, 0.4) is 0 Å². The van der Waals surface area contributed by atoms with Gasteiger partial charge in [-0.1, -0.05) is 12.1 Å². The zero-order chi connectivity index (χ0) is 10.5. The highest BCUT2D eigenvalue weighted by Crippen LogP contribution is 2.09. The highest BCUT2D eigenvalue weighted by atomic mass is 16.5. The Morgan fingerprint density at radius 1 is 1.27 bits per heavy atom.